The van der Waals surface area contributed by atoms with Crippen LogP contribution in [0.15, 0.2) is 42.7 Å². The summed E-state index contributed by atoms with van der Waals surface area (Å²) in [6.07, 6.45) is 3.68. The second-order valence-corrected chi connectivity index (χ2v) is 5.66. The van der Waals surface area contributed by atoms with E-state index in [0.717, 1.165) is 27.3 Å². The van der Waals surface area contributed by atoms with Gasteiger partial charge in [0.05, 0.1) is 4.88 Å². The highest BCUT2D eigenvalue weighted by molar-refractivity contribution is 7.20. The molecule has 3 rings (SSSR count). The second-order valence-electron chi connectivity index (χ2n) is 4.57. The minimum Gasteiger partial charge on any atom is -0.350 e. The number of aromatic nitrogens is 2. The van der Waals surface area contributed by atoms with Crippen molar-refractivity contribution in [2.45, 2.75) is 13.5 Å². The molecule has 1 amide bonds. The molecule has 0 fully saturated rings. The topological polar surface area (TPSA) is 46.9 Å². The first-order valence-corrected chi connectivity index (χ1v) is 7.30. The average Bonchev–Trinajstić information content (AvgIpc) is 3.05. The Hall–Kier alpha value is -2.14. The van der Waals surface area contributed by atoms with Gasteiger partial charge in [0.1, 0.15) is 5.82 Å². The molecule has 0 saturated carbocycles. The van der Waals surface area contributed by atoms with Crippen molar-refractivity contribution < 1.29 is 4.79 Å². The van der Waals surface area contributed by atoms with Crippen LogP contribution in [0, 0.1) is 6.92 Å². The lowest BCUT2D eigenvalue weighted by Gasteiger charge is -2.06. The maximum atomic E-state index is 12.1. The van der Waals surface area contributed by atoms with Crippen LogP contribution in [0.4, 0.5) is 0 Å². The van der Waals surface area contributed by atoms with E-state index in [1.165, 1.54) is 11.3 Å². The molecule has 1 aromatic carbocycles. The molecule has 0 spiro atoms. The highest BCUT2D eigenvalue weighted by Crippen LogP contribution is 2.24. The zero-order valence-electron chi connectivity index (χ0n) is 11.2. The van der Waals surface area contributed by atoms with E-state index in [-0.39, 0.29) is 5.91 Å². The van der Waals surface area contributed by atoms with E-state index < -0.39 is 0 Å². The van der Waals surface area contributed by atoms with Crippen molar-refractivity contribution in [2.75, 3.05) is 6.54 Å². The highest BCUT2D eigenvalue weighted by atomic mass is 32.1. The van der Waals surface area contributed by atoms with Gasteiger partial charge in [0, 0.05) is 30.2 Å². The van der Waals surface area contributed by atoms with Crippen molar-refractivity contribution in [3.8, 4) is 0 Å². The molecule has 0 unspecified atom stereocenters. The Morgan fingerprint density at radius 1 is 1.40 bits per heavy atom. The zero-order chi connectivity index (χ0) is 13.9. The fourth-order valence-electron chi connectivity index (χ4n) is 2.11. The Kier molecular flexibility index (Phi) is 3.52. The number of benzene rings is 1. The van der Waals surface area contributed by atoms with Crippen LogP contribution >= 0.6 is 11.3 Å². The third-order valence-corrected chi connectivity index (χ3v) is 4.33. The monoisotopic (exact) mass is 285 g/mol. The Balaban J connectivity index is 1.63. The molecule has 4 nitrogen and oxygen atoms in total. The van der Waals surface area contributed by atoms with E-state index in [2.05, 4.69) is 10.3 Å². The number of hydrogen-bond donors (Lipinski definition) is 1. The summed E-state index contributed by atoms with van der Waals surface area (Å²) in [5.41, 5.74) is 0. The molecular weight excluding hydrogens is 270 g/mol. The Morgan fingerprint density at radius 3 is 3.00 bits per heavy atom. The lowest BCUT2D eigenvalue weighted by atomic mass is 10.2. The van der Waals surface area contributed by atoms with Crippen LogP contribution in [-0.4, -0.2) is 22.0 Å². The van der Waals surface area contributed by atoms with E-state index in [4.69, 9.17) is 0 Å². The largest absolute Gasteiger partial charge is 0.350 e. The summed E-state index contributed by atoms with van der Waals surface area (Å²) in [5, 5.41) is 4.07. The van der Waals surface area contributed by atoms with Gasteiger partial charge in [0.2, 0.25) is 0 Å². The Morgan fingerprint density at radius 2 is 2.25 bits per heavy atom. The number of nitrogens with one attached hydrogen (secondary N) is 1. The maximum Gasteiger partial charge on any atom is 0.261 e. The number of imidazole rings is 1. The molecular formula is C15H15N3OS. The lowest BCUT2D eigenvalue weighted by molar-refractivity contribution is 0.0956. The molecule has 20 heavy (non-hydrogen) atoms. The summed E-state index contributed by atoms with van der Waals surface area (Å²) >= 11 is 1.53. The van der Waals surface area contributed by atoms with Gasteiger partial charge in [-0.25, -0.2) is 4.98 Å². The summed E-state index contributed by atoms with van der Waals surface area (Å²) in [7, 11) is 0. The van der Waals surface area contributed by atoms with E-state index >= 15 is 0 Å². The highest BCUT2D eigenvalue weighted by Gasteiger charge is 2.09. The first-order chi connectivity index (χ1) is 9.74. The van der Waals surface area contributed by atoms with Crippen molar-refractivity contribution in [3.05, 3.63) is 53.4 Å². The van der Waals surface area contributed by atoms with Gasteiger partial charge < -0.3 is 9.88 Å². The van der Waals surface area contributed by atoms with Gasteiger partial charge >= 0.3 is 0 Å². The SMILES string of the molecule is Cc1nccn1CCNC(=O)c1cc2ccccc2s1. The minimum atomic E-state index is -0.0102. The first-order valence-electron chi connectivity index (χ1n) is 6.48. The molecule has 0 radical (unpaired) electrons. The molecule has 2 aromatic heterocycles. The Labute approximate surface area is 121 Å². The van der Waals surface area contributed by atoms with Crippen LogP contribution < -0.4 is 5.32 Å². The van der Waals surface area contributed by atoms with Crippen molar-refractivity contribution >= 4 is 27.3 Å². The number of carbonyl (C=O) groups is 1. The van der Waals surface area contributed by atoms with Crippen LogP contribution in [0.1, 0.15) is 15.5 Å². The fraction of sp³-hybridized carbons (Fsp3) is 0.200. The van der Waals surface area contributed by atoms with Gasteiger partial charge in [0.25, 0.3) is 5.91 Å². The summed E-state index contributed by atoms with van der Waals surface area (Å²) in [6, 6.07) is 9.97. The van der Waals surface area contributed by atoms with Crippen LogP contribution in [0.2, 0.25) is 0 Å². The fourth-order valence-corrected chi connectivity index (χ4v) is 3.09. The van der Waals surface area contributed by atoms with Gasteiger partial charge in [-0.05, 0) is 24.4 Å². The van der Waals surface area contributed by atoms with E-state index in [1.54, 1.807) is 6.20 Å². The molecule has 102 valence electrons. The smallest absolute Gasteiger partial charge is 0.261 e. The number of amides is 1. The maximum absolute atomic E-state index is 12.1. The predicted octanol–water partition coefficient (Wildman–Crippen LogP) is 2.84. The minimum absolute atomic E-state index is 0.0102. The molecule has 0 bridgehead atoms. The molecule has 0 aliphatic carbocycles. The summed E-state index contributed by atoms with van der Waals surface area (Å²) in [5.74, 6) is 0.949. The standard InChI is InChI=1S/C15H15N3OS/c1-11-16-6-8-18(11)9-7-17-15(19)14-10-12-4-2-3-5-13(12)20-14/h2-6,8,10H,7,9H2,1H3,(H,17,19). The lowest BCUT2D eigenvalue weighted by Crippen LogP contribution is -2.26. The molecule has 0 aliphatic rings. The van der Waals surface area contributed by atoms with Gasteiger partial charge in [0.15, 0.2) is 0 Å². The molecule has 0 aliphatic heterocycles. The van der Waals surface area contributed by atoms with E-state index in [1.807, 2.05) is 48.0 Å². The second kappa shape index (κ2) is 5.46. The van der Waals surface area contributed by atoms with Crippen LogP contribution in [-0.2, 0) is 6.54 Å². The zero-order valence-corrected chi connectivity index (χ0v) is 12.0. The average molecular weight is 285 g/mol. The number of fused-ring (bicyclic) bond motifs is 1. The molecule has 3 aromatic rings. The van der Waals surface area contributed by atoms with Gasteiger partial charge in [-0.3, -0.25) is 4.79 Å². The normalized spacial score (nSPS) is 10.8. The third-order valence-electron chi connectivity index (χ3n) is 3.21. The molecule has 5 heteroatoms. The summed E-state index contributed by atoms with van der Waals surface area (Å²) < 4.78 is 3.16. The number of nitrogens with zero attached hydrogens (tertiary/aromatic N) is 2. The molecule has 0 saturated heterocycles. The van der Waals surface area contributed by atoms with Gasteiger partial charge in [-0.1, -0.05) is 18.2 Å². The number of carbonyl (C=O) groups excluding carboxylic acids is 1. The van der Waals surface area contributed by atoms with Crippen molar-refractivity contribution in [3.63, 3.8) is 0 Å². The summed E-state index contributed by atoms with van der Waals surface area (Å²) in [4.78, 5) is 17.0. The number of aryl methyl sites for hydroxylation is 1. The molecule has 1 N–H and O–H groups in total. The third kappa shape index (κ3) is 2.58. The van der Waals surface area contributed by atoms with E-state index in [0.29, 0.717) is 6.54 Å². The quantitative estimate of drug-likeness (QED) is 0.801. The number of hydrogen-bond acceptors (Lipinski definition) is 3. The first kappa shape index (κ1) is 12.9. The predicted molar refractivity (Wildman–Crippen MR) is 81.1 cm³/mol. The van der Waals surface area contributed by atoms with Crippen molar-refractivity contribution in [1.82, 2.24) is 14.9 Å². The van der Waals surface area contributed by atoms with Crippen molar-refractivity contribution in [2.24, 2.45) is 0 Å². The Bertz CT molecular complexity index is 711. The van der Waals surface area contributed by atoms with Crippen LogP contribution in [0.3, 0.4) is 0 Å². The number of rotatable bonds is 4. The van der Waals surface area contributed by atoms with Crippen LogP contribution in [0.5, 0.6) is 0 Å². The van der Waals surface area contributed by atoms with Crippen molar-refractivity contribution in [1.29, 1.82) is 0 Å². The molecule has 0 atom stereocenters. The van der Waals surface area contributed by atoms with Gasteiger partial charge in [-0.2, -0.15) is 0 Å². The van der Waals surface area contributed by atoms with E-state index in [9.17, 15) is 4.79 Å². The summed E-state index contributed by atoms with van der Waals surface area (Å²) in [6.45, 7) is 3.29. The number of thiophene rings is 1. The molecule has 2 heterocycles. The van der Waals surface area contributed by atoms with Crippen LogP contribution in [0.25, 0.3) is 10.1 Å². The van der Waals surface area contributed by atoms with Gasteiger partial charge in [-0.15, -0.1) is 11.3 Å².